The summed E-state index contributed by atoms with van der Waals surface area (Å²) in [6.45, 7) is 7.06. The fraction of sp³-hybridized carbons (Fsp3) is 0.714. The van der Waals surface area contributed by atoms with Crippen molar-refractivity contribution in [2.45, 2.75) is 38.2 Å². The van der Waals surface area contributed by atoms with Gasteiger partial charge in [0.15, 0.2) is 12.5 Å². The molecule has 0 radical (unpaired) electrons. The molecule has 3 atom stereocenters. The van der Waals surface area contributed by atoms with Gasteiger partial charge < -0.3 is 33.9 Å². The van der Waals surface area contributed by atoms with Gasteiger partial charge in [-0.1, -0.05) is 18.2 Å². The quantitative estimate of drug-likeness (QED) is 0.244. The lowest BCUT2D eigenvalue weighted by Crippen LogP contribution is -2.53. The van der Waals surface area contributed by atoms with E-state index in [9.17, 15) is 15.2 Å². The third-order valence-corrected chi connectivity index (χ3v) is 5.65. The summed E-state index contributed by atoms with van der Waals surface area (Å²) in [6.07, 6.45) is 3.73. The summed E-state index contributed by atoms with van der Waals surface area (Å²) in [5.41, 5.74) is 2.05. The van der Waals surface area contributed by atoms with E-state index in [0.29, 0.717) is 32.5 Å². The monoisotopic (exact) mass is 423 g/mol. The first-order valence-electron chi connectivity index (χ1n) is 10.2. The predicted molar refractivity (Wildman–Crippen MR) is 109 cm³/mol. The van der Waals surface area contributed by atoms with Gasteiger partial charge in [-0.05, 0) is 25.3 Å². The number of rotatable bonds is 10. The summed E-state index contributed by atoms with van der Waals surface area (Å²) in [5.74, 6) is -0.146. The number of aliphatic hydroxyl groups is 1. The lowest BCUT2D eigenvalue weighted by molar-refractivity contribution is -0.165. The number of nitrogens with zero attached hydrogens (tertiary/aromatic N) is 3. The van der Waals surface area contributed by atoms with E-state index in [1.807, 2.05) is 6.92 Å². The molecular weight excluding hydrogens is 390 g/mol. The number of carbonyl (C=O) groups excluding carboxylic acids is 1. The largest absolute Gasteiger partial charge is 0.445 e. The number of carbonyl (C=O) groups is 1. The lowest BCUT2D eigenvalue weighted by atomic mass is 9.74. The van der Waals surface area contributed by atoms with Gasteiger partial charge in [0.05, 0.1) is 31.2 Å². The van der Waals surface area contributed by atoms with E-state index in [4.69, 9.17) is 18.9 Å². The zero-order valence-corrected chi connectivity index (χ0v) is 18.1. The molecular formula is C21H33N3O6. The molecule has 0 bridgehead atoms. The summed E-state index contributed by atoms with van der Waals surface area (Å²) < 4.78 is 22.4. The Bertz CT molecular complexity index is 658. The lowest BCUT2D eigenvalue weighted by Gasteiger charge is -2.47. The highest BCUT2D eigenvalue weighted by Gasteiger charge is 2.45. The Kier molecular flexibility index (Phi) is 9.59. The molecule has 1 aliphatic heterocycles. The Hall–Kier alpha value is -2.12. The first-order chi connectivity index (χ1) is 14.6. The van der Waals surface area contributed by atoms with Crippen LogP contribution in [0.25, 0.3) is 0 Å². The molecule has 0 saturated heterocycles. The Balaban J connectivity index is 2.45. The number of methoxy groups -OCH3 is 2. The Morgan fingerprint density at radius 1 is 1.43 bits per heavy atom. The van der Waals surface area contributed by atoms with Gasteiger partial charge in [-0.2, -0.15) is 5.26 Å². The zero-order chi connectivity index (χ0) is 22.1. The number of hydrogen-bond donors (Lipinski definition) is 1. The fourth-order valence-electron chi connectivity index (χ4n) is 4.43. The van der Waals surface area contributed by atoms with Crippen molar-refractivity contribution in [2.24, 2.45) is 5.92 Å². The minimum absolute atomic E-state index is 0.140. The Labute approximate surface area is 178 Å². The molecule has 0 saturated carbocycles. The van der Waals surface area contributed by atoms with Crippen molar-refractivity contribution in [3.63, 3.8) is 0 Å². The molecule has 0 fully saturated rings. The average Bonchev–Trinajstić information content (AvgIpc) is 2.77. The summed E-state index contributed by atoms with van der Waals surface area (Å²) in [6, 6.07) is -0.283. The molecule has 0 aromatic rings. The smallest absolute Gasteiger partial charge is 0.410 e. The van der Waals surface area contributed by atoms with Crippen LogP contribution in [0.1, 0.15) is 19.8 Å². The Morgan fingerprint density at radius 2 is 2.17 bits per heavy atom. The summed E-state index contributed by atoms with van der Waals surface area (Å²) >= 11 is 0. The van der Waals surface area contributed by atoms with Crippen LogP contribution in [0.2, 0.25) is 0 Å². The van der Waals surface area contributed by atoms with Crippen molar-refractivity contribution in [1.29, 1.82) is 5.26 Å². The van der Waals surface area contributed by atoms with Gasteiger partial charge >= 0.3 is 6.09 Å². The maximum Gasteiger partial charge on any atom is 0.410 e. The molecule has 30 heavy (non-hydrogen) atoms. The third kappa shape index (κ3) is 5.32. The minimum atomic E-state index is -0.500. The number of ether oxygens (including phenoxy) is 4. The van der Waals surface area contributed by atoms with Gasteiger partial charge in [0.1, 0.15) is 6.61 Å². The standard InChI is InChI=1S/C21H33N3O6/c1-5-11-30-21(26)23-8-7-15-16(13-23)17(24(14-22)9-10-25)12-18(29-6-2)19(15)20(27-3)28-4/h5,17-20,25H,1,6-13H2,2-4H3/t17-,18-,19-/m0/s1. The van der Waals surface area contributed by atoms with Crippen molar-refractivity contribution in [2.75, 3.05) is 53.7 Å². The molecule has 2 aliphatic rings. The van der Waals surface area contributed by atoms with Crippen LogP contribution in [-0.4, -0.2) is 93.1 Å². The van der Waals surface area contributed by atoms with Gasteiger partial charge in [0.25, 0.3) is 0 Å². The number of amides is 1. The normalized spacial score (nSPS) is 23.7. The van der Waals surface area contributed by atoms with Crippen molar-refractivity contribution < 1.29 is 28.8 Å². The highest BCUT2D eigenvalue weighted by molar-refractivity contribution is 5.68. The highest BCUT2D eigenvalue weighted by atomic mass is 16.7. The molecule has 0 spiro atoms. The molecule has 2 rings (SSSR count). The van der Waals surface area contributed by atoms with Crippen molar-refractivity contribution in [3.8, 4) is 6.19 Å². The molecule has 0 aromatic carbocycles. The van der Waals surface area contributed by atoms with Crippen molar-refractivity contribution in [1.82, 2.24) is 9.80 Å². The highest BCUT2D eigenvalue weighted by Crippen LogP contribution is 2.41. The maximum atomic E-state index is 12.4. The number of nitriles is 1. The second kappa shape index (κ2) is 11.9. The van der Waals surface area contributed by atoms with Crippen LogP contribution in [0, 0.1) is 17.4 Å². The van der Waals surface area contributed by atoms with Gasteiger partial charge in [0, 0.05) is 33.9 Å². The van der Waals surface area contributed by atoms with Crippen LogP contribution in [0.15, 0.2) is 23.8 Å². The van der Waals surface area contributed by atoms with Crippen molar-refractivity contribution in [3.05, 3.63) is 23.8 Å². The van der Waals surface area contributed by atoms with E-state index in [-0.39, 0.29) is 37.8 Å². The Morgan fingerprint density at radius 3 is 2.73 bits per heavy atom. The first-order valence-corrected chi connectivity index (χ1v) is 10.2. The van der Waals surface area contributed by atoms with Crippen molar-refractivity contribution >= 4 is 6.09 Å². The fourth-order valence-corrected chi connectivity index (χ4v) is 4.43. The summed E-state index contributed by atoms with van der Waals surface area (Å²) in [5, 5.41) is 19.2. The van der Waals surface area contributed by atoms with Gasteiger partial charge in [-0.25, -0.2) is 4.79 Å². The SMILES string of the molecule is C=CCOC(=O)N1CCC2=C(C1)[C@@H](N(C#N)CCO)C[C@H](OCC)[C@H]2C(OC)OC. The molecule has 1 aliphatic carbocycles. The van der Waals surface area contributed by atoms with Crippen LogP contribution in [0.5, 0.6) is 0 Å². The van der Waals surface area contributed by atoms with Crippen LogP contribution < -0.4 is 0 Å². The van der Waals surface area contributed by atoms with Crippen LogP contribution in [0.3, 0.4) is 0 Å². The van der Waals surface area contributed by atoms with Gasteiger partial charge in [-0.15, -0.1) is 0 Å². The molecule has 9 nitrogen and oxygen atoms in total. The van der Waals surface area contributed by atoms with E-state index in [1.165, 1.54) is 6.08 Å². The second-order valence-corrected chi connectivity index (χ2v) is 7.22. The van der Waals surface area contributed by atoms with Crippen LogP contribution in [0.4, 0.5) is 4.79 Å². The second-order valence-electron chi connectivity index (χ2n) is 7.22. The molecule has 9 heteroatoms. The van der Waals surface area contributed by atoms with E-state index in [1.54, 1.807) is 24.0 Å². The van der Waals surface area contributed by atoms with E-state index in [2.05, 4.69) is 12.8 Å². The molecule has 168 valence electrons. The third-order valence-electron chi connectivity index (χ3n) is 5.65. The van der Waals surface area contributed by atoms with Gasteiger partial charge in [0.2, 0.25) is 0 Å². The number of hydrogen-bond acceptors (Lipinski definition) is 8. The van der Waals surface area contributed by atoms with E-state index >= 15 is 0 Å². The first kappa shape index (κ1) is 24.2. The molecule has 1 N–H and O–H groups in total. The molecule has 1 heterocycles. The minimum Gasteiger partial charge on any atom is -0.445 e. The molecule has 1 amide bonds. The van der Waals surface area contributed by atoms with Gasteiger partial charge in [-0.3, -0.25) is 0 Å². The van der Waals surface area contributed by atoms with E-state index < -0.39 is 12.4 Å². The van der Waals surface area contributed by atoms with Crippen LogP contribution >= 0.6 is 0 Å². The topological polar surface area (TPSA) is 104 Å². The zero-order valence-electron chi connectivity index (χ0n) is 18.1. The predicted octanol–water partition coefficient (Wildman–Crippen LogP) is 1.50. The maximum absolute atomic E-state index is 12.4. The summed E-state index contributed by atoms with van der Waals surface area (Å²) in [4.78, 5) is 15.6. The average molecular weight is 424 g/mol. The number of aliphatic hydroxyl groups excluding tert-OH is 1. The summed E-state index contributed by atoms with van der Waals surface area (Å²) in [7, 11) is 3.19. The molecule has 0 unspecified atom stereocenters. The molecule has 0 aromatic heterocycles. The van der Waals surface area contributed by atoms with Crippen LogP contribution in [-0.2, 0) is 18.9 Å². The van der Waals surface area contributed by atoms with E-state index in [0.717, 1.165) is 11.1 Å².